The molecular formula is C10H17NO. The lowest BCUT2D eigenvalue weighted by atomic mass is 9.99. The van der Waals surface area contributed by atoms with E-state index in [1.165, 1.54) is 19.3 Å². The van der Waals surface area contributed by atoms with Crippen LogP contribution in [0.5, 0.6) is 0 Å². The Bertz CT molecular complexity index is 175. The molecule has 2 aliphatic rings. The van der Waals surface area contributed by atoms with Gasteiger partial charge in [0.25, 0.3) is 0 Å². The van der Waals surface area contributed by atoms with E-state index in [4.69, 9.17) is 4.74 Å². The van der Waals surface area contributed by atoms with Crippen molar-refractivity contribution in [3.05, 3.63) is 12.2 Å². The van der Waals surface area contributed by atoms with Crippen LogP contribution in [0.1, 0.15) is 19.3 Å². The number of hydrogen-bond acceptors (Lipinski definition) is 2. The molecule has 0 bridgehead atoms. The second-order valence-electron chi connectivity index (χ2n) is 3.80. The van der Waals surface area contributed by atoms with E-state index in [9.17, 15) is 0 Å². The van der Waals surface area contributed by atoms with Gasteiger partial charge in [0.2, 0.25) is 0 Å². The zero-order chi connectivity index (χ0) is 8.39. The molecule has 2 nitrogen and oxygen atoms in total. The van der Waals surface area contributed by atoms with Gasteiger partial charge in [-0.2, -0.15) is 0 Å². The molecule has 2 heteroatoms. The van der Waals surface area contributed by atoms with Crippen LogP contribution in [0.3, 0.4) is 0 Å². The Morgan fingerprint density at radius 3 is 2.58 bits per heavy atom. The van der Waals surface area contributed by atoms with Gasteiger partial charge in [-0.15, -0.1) is 0 Å². The fraction of sp³-hybridized carbons (Fsp3) is 0.800. The van der Waals surface area contributed by atoms with Crippen LogP contribution in [0.15, 0.2) is 12.2 Å². The molecule has 0 aromatic carbocycles. The van der Waals surface area contributed by atoms with Gasteiger partial charge in [0.1, 0.15) is 0 Å². The van der Waals surface area contributed by atoms with Gasteiger partial charge in [-0.05, 0) is 26.3 Å². The third kappa shape index (κ3) is 1.54. The lowest BCUT2D eigenvalue weighted by Gasteiger charge is -2.40. The molecular weight excluding hydrogens is 150 g/mol. The molecule has 1 aliphatic carbocycles. The second kappa shape index (κ2) is 3.58. The summed E-state index contributed by atoms with van der Waals surface area (Å²) in [5.41, 5.74) is 0. The summed E-state index contributed by atoms with van der Waals surface area (Å²) < 4.78 is 5.19. The van der Waals surface area contributed by atoms with E-state index >= 15 is 0 Å². The molecule has 1 saturated heterocycles. The molecule has 1 atom stereocenters. The number of hydrogen-bond donors (Lipinski definition) is 0. The molecule has 0 amide bonds. The first-order valence-electron chi connectivity index (χ1n) is 4.82. The summed E-state index contributed by atoms with van der Waals surface area (Å²) in [4.78, 5) is 2.49. The van der Waals surface area contributed by atoms with E-state index in [1.54, 1.807) is 0 Å². The molecule has 1 unspecified atom stereocenters. The van der Waals surface area contributed by atoms with Crippen molar-refractivity contribution in [2.75, 3.05) is 20.3 Å². The van der Waals surface area contributed by atoms with Crippen molar-refractivity contribution >= 4 is 0 Å². The summed E-state index contributed by atoms with van der Waals surface area (Å²) in [6.07, 6.45) is 8.41. The van der Waals surface area contributed by atoms with Crippen LogP contribution >= 0.6 is 0 Å². The maximum Gasteiger partial charge on any atom is 0.0645 e. The maximum atomic E-state index is 5.19. The quantitative estimate of drug-likeness (QED) is 0.577. The Balaban J connectivity index is 1.85. The van der Waals surface area contributed by atoms with Gasteiger partial charge < -0.3 is 4.74 Å². The summed E-state index contributed by atoms with van der Waals surface area (Å²) in [6, 6.07) is 1.46. The Morgan fingerprint density at radius 1 is 1.25 bits per heavy atom. The Morgan fingerprint density at radius 2 is 2.08 bits per heavy atom. The molecule has 1 fully saturated rings. The van der Waals surface area contributed by atoms with E-state index in [0.29, 0.717) is 6.04 Å². The van der Waals surface area contributed by atoms with Gasteiger partial charge in [0.05, 0.1) is 19.3 Å². The zero-order valence-electron chi connectivity index (χ0n) is 7.70. The van der Waals surface area contributed by atoms with Crippen LogP contribution in [0.25, 0.3) is 0 Å². The molecule has 1 heterocycles. The minimum absolute atomic E-state index is 0.696. The van der Waals surface area contributed by atoms with Crippen molar-refractivity contribution in [1.82, 2.24) is 4.90 Å². The average molecular weight is 167 g/mol. The van der Waals surface area contributed by atoms with Gasteiger partial charge in [-0.3, -0.25) is 4.90 Å². The van der Waals surface area contributed by atoms with Gasteiger partial charge in [-0.1, -0.05) is 12.2 Å². The minimum Gasteiger partial charge on any atom is -0.378 e. The van der Waals surface area contributed by atoms with E-state index in [0.717, 1.165) is 19.3 Å². The highest BCUT2D eigenvalue weighted by Gasteiger charge is 2.28. The summed E-state index contributed by atoms with van der Waals surface area (Å²) in [6.45, 7) is 1.88. The number of ether oxygens (including phenoxy) is 1. The van der Waals surface area contributed by atoms with Crippen LogP contribution in [-0.4, -0.2) is 37.2 Å². The molecule has 0 spiro atoms. The van der Waals surface area contributed by atoms with E-state index in [1.807, 2.05) is 0 Å². The average Bonchev–Trinajstić information content (AvgIpc) is 2.03. The van der Waals surface area contributed by atoms with Crippen molar-refractivity contribution in [1.29, 1.82) is 0 Å². The highest BCUT2D eigenvalue weighted by atomic mass is 16.5. The summed E-state index contributed by atoms with van der Waals surface area (Å²) in [5, 5.41) is 0. The van der Waals surface area contributed by atoms with Gasteiger partial charge in [-0.25, -0.2) is 0 Å². The Hall–Kier alpha value is -0.340. The highest BCUT2D eigenvalue weighted by Crippen LogP contribution is 2.20. The topological polar surface area (TPSA) is 12.5 Å². The minimum atomic E-state index is 0.696. The monoisotopic (exact) mass is 167 g/mol. The second-order valence-corrected chi connectivity index (χ2v) is 3.80. The van der Waals surface area contributed by atoms with Gasteiger partial charge >= 0.3 is 0 Å². The summed E-state index contributed by atoms with van der Waals surface area (Å²) >= 11 is 0. The first-order chi connectivity index (χ1) is 5.88. The Kier molecular flexibility index (Phi) is 2.47. The molecule has 0 N–H and O–H groups in total. The number of nitrogens with zero attached hydrogens (tertiary/aromatic N) is 1. The SMILES string of the molecule is CN(C1CC=CCC1)C1COC1. The van der Waals surface area contributed by atoms with Crippen LogP contribution in [-0.2, 0) is 4.74 Å². The third-order valence-corrected chi connectivity index (χ3v) is 3.01. The number of allylic oxidation sites excluding steroid dienone is 1. The molecule has 0 saturated carbocycles. The van der Waals surface area contributed by atoms with Crippen molar-refractivity contribution in [2.24, 2.45) is 0 Å². The van der Waals surface area contributed by atoms with Gasteiger partial charge in [0.15, 0.2) is 0 Å². The zero-order valence-corrected chi connectivity index (χ0v) is 7.70. The third-order valence-electron chi connectivity index (χ3n) is 3.01. The molecule has 0 aromatic rings. The van der Waals surface area contributed by atoms with Gasteiger partial charge in [0, 0.05) is 6.04 Å². The summed E-state index contributed by atoms with van der Waals surface area (Å²) in [5.74, 6) is 0. The fourth-order valence-electron chi connectivity index (χ4n) is 1.90. The lowest BCUT2D eigenvalue weighted by Crippen LogP contribution is -2.51. The van der Waals surface area contributed by atoms with E-state index < -0.39 is 0 Å². The number of likely N-dealkylation sites (N-methyl/N-ethyl adjacent to an activating group) is 1. The predicted molar refractivity (Wildman–Crippen MR) is 49.1 cm³/mol. The normalized spacial score (nSPS) is 30.7. The predicted octanol–water partition coefficient (Wildman–Crippen LogP) is 1.43. The first-order valence-corrected chi connectivity index (χ1v) is 4.82. The smallest absolute Gasteiger partial charge is 0.0645 e. The lowest BCUT2D eigenvalue weighted by molar-refractivity contribution is -0.0702. The van der Waals surface area contributed by atoms with Crippen LogP contribution in [0.4, 0.5) is 0 Å². The standard InChI is InChI=1S/C10H17NO/c1-11(10-7-12-8-10)9-5-3-2-4-6-9/h2-3,9-10H,4-8H2,1H3. The first kappa shape index (κ1) is 8.27. The van der Waals surface area contributed by atoms with Crippen LogP contribution in [0.2, 0.25) is 0 Å². The Labute approximate surface area is 74.2 Å². The number of rotatable bonds is 2. The molecule has 0 radical (unpaired) electrons. The molecule has 12 heavy (non-hydrogen) atoms. The van der Waals surface area contributed by atoms with Crippen molar-refractivity contribution in [2.45, 2.75) is 31.3 Å². The van der Waals surface area contributed by atoms with Crippen LogP contribution in [0, 0.1) is 0 Å². The highest BCUT2D eigenvalue weighted by molar-refractivity contribution is 4.95. The van der Waals surface area contributed by atoms with Crippen molar-refractivity contribution in [3.63, 3.8) is 0 Å². The molecule has 2 rings (SSSR count). The molecule has 0 aromatic heterocycles. The summed E-state index contributed by atoms with van der Waals surface area (Å²) in [7, 11) is 2.23. The molecule has 1 aliphatic heterocycles. The van der Waals surface area contributed by atoms with Crippen molar-refractivity contribution in [3.8, 4) is 0 Å². The van der Waals surface area contributed by atoms with Crippen molar-refractivity contribution < 1.29 is 4.74 Å². The van der Waals surface area contributed by atoms with Crippen LogP contribution < -0.4 is 0 Å². The largest absolute Gasteiger partial charge is 0.378 e. The fourth-order valence-corrected chi connectivity index (χ4v) is 1.90. The maximum absolute atomic E-state index is 5.19. The molecule has 68 valence electrons. The van der Waals surface area contributed by atoms with E-state index in [2.05, 4.69) is 24.1 Å². The van der Waals surface area contributed by atoms with E-state index in [-0.39, 0.29) is 0 Å².